The van der Waals surface area contributed by atoms with Gasteiger partial charge in [-0.2, -0.15) is 23.4 Å². The number of rotatable bonds is 4. The first-order chi connectivity index (χ1) is 14.7. The molecule has 0 bridgehead atoms. The van der Waals surface area contributed by atoms with Crippen molar-refractivity contribution < 1.29 is 18.0 Å². The lowest BCUT2D eigenvalue weighted by Gasteiger charge is -2.33. The molecule has 1 N–H and O–H groups in total. The number of aromatic nitrogens is 4. The van der Waals surface area contributed by atoms with Crippen LogP contribution in [0.25, 0.3) is 0 Å². The Morgan fingerprint density at radius 3 is 2.68 bits per heavy atom. The fraction of sp³-hybridized carbons (Fsp3) is 0.667. The van der Waals surface area contributed by atoms with Gasteiger partial charge in [-0.25, -0.2) is 4.68 Å². The smallest absolute Gasteiger partial charge is 0.367 e. The Morgan fingerprint density at radius 2 is 2.03 bits per heavy atom. The van der Waals surface area contributed by atoms with E-state index in [0.717, 1.165) is 28.9 Å². The van der Waals surface area contributed by atoms with Crippen LogP contribution in [0.3, 0.4) is 0 Å². The number of amides is 1. The molecule has 0 unspecified atom stereocenters. The molecule has 10 heteroatoms. The molecule has 0 aliphatic carbocycles. The minimum Gasteiger partial charge on any atom is -0.367 e. The Hall–Kier alpha value is -2.52. The highest BCUT2D eigenvalue weighted by Gasteiger charge is 2.46. The SMILES string of the molecule is CC[C@@H]1C[C@H](C(F)(F)F)n2nc([C@H]3CCCN(C(=O)Cn4nc(C)cc4C)C3)cc2N1. The Bertz CT molecular complexity index is 950. The summed E-state index contributed by atoms with van der Waals surface area (Å²) in [7, 11) is 0. The van der Waals surface area contributed by atoms with Gasteiger partial charge in [0.05, 0.1) is 11.4 Å². The molecular weight excluding hydrogens is 409 g/mol. The first-order valence-corrected chi connectivity index (χ1v) is 10.9. The van der Waals surface area contributed by atoms with Gasteiger partial charge in [0.25, 0.3) is 0 Å². The topological polar surface area (TPSA) is 68.0 Å². The van der Waals surface area contributed by atoms with Crippen molar-refractivity contribution in [2.24, 2.45) is 0 Å². The van der Waals surface area contributed by atoms with Crippen molar-refractivity contribution in [2.75, 3.05) is 18.4 Å². The number of halogens is 3. The average molecular weight is 438 g/mol. The highest BCUT2D eigenvalue weighted by molar-refractivity contribution is 5.76. The molecule has 3 atom stereocenters. The van der Waals surface area contributed by atoms with E-state index in [1.807, 2.05) is 26.8 Å². The number of carbonyl (C=O) groups excluding carboxylic acids is 1. The predicted molar refractivity (Wildman–Crippen MR) is 110 cm³/mol. The number of carbonyl (C=O) groups is 1. The third-order valence-corrected chi connectivity index (χ3v) is 6.36. The molecule has 2 aromatic heterocycles. The van der Waals surface area contributed by atoms with Crippen molar-refractivity contribution in [3.8, 4) is 0 Å². The van der Waals surface area contributed by atoms with E-state index in [0.29, 0.717) is 31.0 Å². The minimum atomic E-state index is -4.35. The minimum absolute atomic E-state index is 0.0218. The van der Waals surface area contributed by atoms with Crippen LogP contribution < -0.4 is 5.32 Å². The van der Waals surface area contributed by atoms with Crippen molar-refractivity contribution in [1.29, 1.82) is 0 Å². The third-order valence-electron chi connectivity index (χ3n) is 6.36. The van der Waals surface area contributed by atoms with Crippen LogP contribution in [0.15, 0.2) is 12.1 Å². The van der Waals surface area contributed by atoms with Crippen molar-refractivity contribution in [3.05, 3.63) is 29.2 Å². The number of fused-ring (bicyclic) bond motifs is 1. The van der Waals surface area contributed by atoms with Gasteiger partial charge in [0.1, 0.15) is 12.4 Å². The van der Waals surface area contributed by atoms with Crippen molar-refractivity contribution in [3.63, 3.8) is 0 Å². The Kier molecular flexibility index (Phi) is 5.74. The van der Waals surface area contributed by atoms with Gasteiger partial charge in [-0.15, -0.1) is 0 Å². The van der Waals surface area contributed by atoms with Gasteiger partial charge in [0.15, 0.2) is 6.04 Å². The van der Waals surface area contributed by atoms with Crippen LogP contribution in [-0.4, -0.2) is 55.7 Å². The van der Waals surface area contributed by atoms with Gasteiger partial charge in [-0.05, 0) is 45.6 Å². The molecule has 2 aromatic rings. The van der Waals surface area contributed by atoms with E-state index >= 15 is 0 Å². The van der Waals surface area contributed by atoms with Crippen molar-refractivity contribution in [1.82, 2.24) is 24.5 Å². The summed E-state index contributed by atoms with van der Waals surface area (Å²) in [5.74, 6) is 0.311. The van der Waals surface area contributed by atoms with E-state index in [9.17, 15) is 18.0 Å². The Labute approximate surface area is 179 Å². The fourth-order valence-corrected chi connectivity index (χ4v) is 4.64. The average Bonchev–Trinajstić information content (AvgIpc) is 3.28. The van der Waals surface area contributed by atoms with Crippen molar-refractivity contribution >= 4 is 11.7 Å². The highest BCUT2D eigenvalue weighted by Crippen LogP contribution is 2.41. The van der Waals surface area contributed by atoms with Gasteiger partial charge >= 0.3 is 6.18 Å². The third kappa shape index (κ3) is 4.43. The molecular formula is C21H29F3N6O. The summed E-state index contributed by atoms with van der Waals surface area (Å²) in [5.41, 5.74) is 2.41. The molecule has 0 aromatic carbocycles. The van der Waals surface area contributed by atoms with E-state index in [4.69, 9.17) is 0 Å². The van der Waals surface area contributed by atoms with Crippen LogP contribution in [0.4, 0.5) is 19.0 Å². The summed E-state index contributed by atoms with van der Waals surface area (Å²) in [6, 6.07) is 1.82. The van der Waals surface area contributed by atoms with Gasteiger partial charge in [0, 0.05) is 36.8 Å². The molecule has 7 nitrogen and oxygen atoms in total. The quantitative estimate of drug-likeness (QED) is 0.789. The number of piperidine rings is 1. The lowest BCUT2D eigenvalue weighted by Crippen LogP contribution is -2.41. The number of nitrogens with one attached hydrogen (secondary N) is 1. The Morgan fingerprint density at radius 1 is 1.26 bits per heavy atom. The number of nitrogens with zero attached hydrogens (tertiary/aromatic N) is 5. The van der Waals surface area contributed by atoms with Gasteiger partial charge in [-0.1, -0.05) is 6.92 Å². The summed E-state index contributed by atoms with van der Waals surface area (Å²) in [6.07, 6.45) is -2.16. The highest BCUT2D eigenvalue weighted by atomic mass is 19.4. The second-order valence-corrected chi connectivity index (χ2v) is 8.71. The van der Waals surface area contributed by atoms with Gasteiger partial charge in [0.2, 0.25) is 5.91 Å². The normalized spacial score (nSPS) is 24.1. The zero-order valence-electron chi connectivity index (χ0n) is 18.1. The van der Waals surface area contributed by atoms with E-state index in [1.54, 1.807) is 15.6 Å². The molecule has 170 valence electrons. The molecule has 0 saturated carbocycles. The molecule has 1 fully saturated rings. The predicted octanol–water partition coefficient (Wildman–Crippen LogP) is 3.80. The van der Waals surface area contributed by atoms with E-state index in [-0.39, 0.29) is 30.8 Å². The van der Waals surface area contributed by atoms with E-state index < -0.39 is 12.2 Å². The standard InChI is InChI=1S/C21H29F3N6O/c1-4-16-9-18(21(22,23)24)30-19(25-16)10-17(27-30)15-6-5-7-28(11-15)20(31)12-29-14(3)8-13(2)26-29/h8,10,15-16,18,25H,4-7,9,11-12H2,1-3H3/t15-,16+,18+/m0/s1. The largest absolute Gasteiger partial charge is 0.410 e. The maximum atomic E-state index is 13.6. The Balaban J connectivity index is 1.51. The van der Waals surface area contributed by atoms with Crippen LogP contribution >= 0.6 is 0 Å². The first kappa shape index (κ1) is 21.7. The van der Waals surface area contributed by atoms with E-state index in [1.165, 1.54) is 0 Å². The summed E-state index contributed by atoms with van der Waals surface area (Å²) in [4.78, 5) is 14.6. The number of hydrogen-bond donors (Lipinski definition) is 1. The number of anilines is 1. The van der Waals surface area contributed by atoms with Gasteiger partial charge in [-0.3, -0.25) is 9.48 Å². The molecule has 2 aliphatic rings. The number of likely N-dealkylation sites (tertiary alicyclic amines) is 1. The summed E-state index contributed by atoms with van der Waals surface area (Å²) < 4.78 is 43.7. The molecule has 0 spiro atoms. The molecule has 1 saturated heterocycles. The van der Waals surface area contributed by atoms with Crippen LogP contribution in [0.5, 0.6) is 0 Å². The van der Waals surface area contributed by atoms with Crippen molar-refractivity contribution in [2.45, 2.75) is 77.2 Å². The molecule has 31 heavy (non-hydrogen) atoms. The zero-order valence-corrected chi connectivity index (χ0v) is 18.1. The van der Waals surface area contributed by atoms with Crippen LogP contribution in [0.2, 0.25) is 0 Å². The first-order valence-electron chi connectivity index (χ1n) is 10.9. The lowest BCUT2D eigenvalue weighted by molar-refractivity contribution is -0.173. The number of alkyl halides is 3. The monoisotopic (exact) mass is 438 g/mol. The summed E-state index contributed by atoms with van der Waals surface area (Å²) in [6.45, 7) is 6.95. The van der Waals surface area contributed by atoms with Crippen LogP contribution in [-0.2, 0) is 11.3 Å². The van der Waals surface area contributed by atoms with Gasteiger partial charge < -0.3 is 10.2 Å². The summed E-state index contributed by atoms with van der Waals surface area (Å²) >= 11 is 0. The lowest BCUT2D eigenvalue weighted by atomic mass is 9.94. The van der Waals surface area contributed by atoms with Crippen LogP contribution in [0.1, 0.15) is 61.6 Å². The molecule has 2 aliphatic heterocycles. The summed E-state index contributed by atoms with van der Waals surface area (Å²) in [5, 5.41) is 11.9. The fourth-order valence-electron chi connectivity index (χ4n) is 4.64. The molecule has 4 heterocycles. The second-order valence-electron chi connectivity index (χ2n) is 8.71. The van der Waals surface area contributed by atoms with E-state index in [2.05, 4.69) is 15.5 Å². The second kappa shape index (κ2) is 8.20. The molecule has 4 rings (SSSR count). The van der Waals surface area contributed by atoms with Crippen LogP contribution in [0, 0.1) is 13.8 Å². The number of aryl methyl sites for hydroxylation is 2. The number of hydrogen-bond acceptors (Lipinski definition) is 4. The molecule has 0 radical (unpaired) electrons. The maximum absolute atomic E-state index is 13.6. The maximum Gasteiger partial charge on any atom is 0.410 e. The zero-order chi connectivity index (χ0) is 22.3. The molecule has 1 amide bonds.